The van der Waals surface area contributed by atoms with Gasteiger partial charge in [-0.15, -0.1) is 11.3 Å². The highest BCUT2D eigenvalue weighted by molar-refractivity contribution is 7.89. The molecule has 6 heteroatoms. The number of hydrogen-bond acceptors (Lipinski definition) is 4. The molecule has 0 aromatic carbocycles. The monoisotopic (exact) mass is 317 g/mol. The van der Waals surface area contributed by atoms with Crippen molar-refractivity contribution in [2.45, 2.75) is 63.0 Å². The van der Waals surface area contributed by atoms with E-state index in [1.165, 1.54) is 30.6 Å². The Morgan fingerprint density at radius 1 is 1.40 bits per heavy atom. The Morgan fingerprint density at radius 2 is 2.10 bits per heavy atom. The molecule has 0 spiro atoms. The molecular formula is C14H23NO3S2. The van der Waals surface area contributed by atoms with Gasteiger partial charge < -0.3 is 5.11 Å². The van der Waals surface area contributed by atoms with Crippen molar-refractivity contribution in [3.63, 3.8) is 0 Å². The first kappa shape index (κ1) is 15.9. The lowest BCUT2D eigenvalue weighted by Crippen LogP contribution is -2.40. The van der Waals surface area contributed by atoms with Gasteiger partial charge in [0.1, 0.15) is 0 Å². The molecule has 1 atom stereocenters. The summed E-state index contributed by atoms with van der Waals surface area (Å²) >= 11 is 1.28. The summed E-state index contributed by atoms with van der Waals surface area (Å²) in [5.74, 6) is 0.444. The zero-order valence-corrected chi connectivity index (χ0v) is 13.5. The SMILES string of the molecule is CCC(NS(=O)(=O)c1ccsc1CO)C1CCCCC1. The van der Waals surface area contributed by atoms with Crippen LogP contribution in [0, 0.1) is 5.92 Å². The topological polar surface area (TPSA) is 66.4 Å². The largest absolute Gasteiger partial charge is 0.391 e. The molecule has 4 nitrogen and oxygen atoms in total. The highest BCUT2D eigenvalue weighted by Gasteiger charge is 2.28. The van der Waals surface area contributed by atoms with Crippen molar-refractivity contribution in [3.05, 3.63) is 16.3 Å². The van der Waals surface area contributed by atoms with Crippen molar-refractivity contribution < 1.29 is 13.5 Å². The van der Waals surface area contributed by atoms with Gasteiger partial charge in [0.25, 0.3) is 0 Å². The van der Waals surface area contributed by atoms with Gasteiger partial charge >= 0.3 is 0 Å². The predicted molar refractivity (Wildman–Crippen MR) is 81.2 cm³/mol. The quantitative estimate of drug-likeness (QED) is 0.848. The first-order valence-electron chi connectivity index (χ1n) is 7.28. The molecule has 0 aliphatic heterocycles. The third-order valence-electron chi connectivity index (χ3n) is 4.10. The van der Waals surface area contributed by atoms with Crippen molar-refractivity contribution in [2.24, 2.45) is 5.92 Å². The Bertz CT molecular complexity index is 518. The molecule has 0 saturated heterocycles. The number of hydrogen-bond donors (Lipinski definition) is 2. The maximum Gasteiger partial charge on any atom is 0.242 e. The lowest BCUT2D eigenvalue weighted by molar-refractivity contribution is 0.280. The number of aliphatic hydroxyl groups excluding tert-OH is 1. The lowest BCUT2D eigenvalue weighted by Gasteiger charge is -2.30. The zero-order chi connectivity index (χ0) is 14.6. The van der Waals surface area contributed by atoms with Crippen LogP contribution >= 0.6 is 11.3 Å². The minimum absolute atomic E-state index is 0.00624. The summed E-state index contributed by atoms with van der Waals surface area (Å²) in [6, 6.07) is 1.58. The number of sulfonamides is 1. The van der Waals surface area contributed by atoms with Crippen molar-refractivity contribution in [1.29, 1.82) is 0 Å². The molecule has 1 aromatic heterocycles. The van der Waals surface area contributed by atoms with Crippen LogP contribution in [0.3, 0.4) is 0 Å². The summed E-state index contributed by atoms with van der Waals surface area (Å²) in [6.45, 7) is 1.80. The average molecular weight is 317 g/mol. The van der Waals surface area contributed by atoms with Crippen LogP contribution in [0.4, 0.5) is 0 Å². The summed E-state index contributed by atoms with van der Waals surface area (Å²) < 4.78 is 27.8. The molecule has 2 rings (SSSR count). The fraction of sp³-hybridized carbons (Fsp3) is 0.714. The van der Waals surface area contributed by atoms with Crippen molar-refractivity contribution in [3.8, 4) is 0 Å². The molecule has 1 aromatic rings. The fourth-order valence-electron chi connectivity index (χ4n) is 3.00. The molecule has 1 saturated carbocycles. The standard InChI is InChI=1S/C14H23NO3S2/c1-2-12(11-6-4-3-5-7-11)15-20(17,18)14-8-9-19-13(14)10-16/h8-9,11-12,15-16H,2-7,10H2,1H3. The first-order valence-corrected chi connectivity index (χ1v) is 9.64. The van der Waals surface area contributed by atoms with Crippen molar-refractivity contribution in [2.75, 3.05) is 0 Å². The van der Waals surface area contributed by atoms with E-state index in [0.717, 1.165) is 19.3 Å². The number of thiophene rings is 1. The maximum atomic E-state index is 12.5. The molecule has 1 aliphatic rings. The smallest absolute Gasteiger partial charge is 0.242 e. The van der Waals surface area contributed by atoms with Crippen LogP contribution in [0.2, 0.25) is 0 Å². The summed E-state index contributed by atoms with van der Waals surface area (Å²) in [5, 5.41) is 10.9. The van der Waals surface area contributed by atoms with E-state index in [1.807, 2.05) is 6.92 Å². The van der Waals surface area contributed by atoms with E-state index in [2.05, 4.69) is 4.72 Å². The normalized spacial score (nSPS) is 19.1. The van der Waals surface area contributed by atoms with Crippen LogP contribution in [0.25, 0.3) is 0 Å². The number of nitrogens with one attached hydrogen (secondary N) is 1. The van der Waals surface area contributed by atoms with Gasteiger partial charge in [-0.3, -0.25) is 0 Å². The van der Waals surface area contributed by atoms with E-state index < -0.39 is 10.0 Å². The Hall–Kier alpha value is -0.430. The molecule has 0 radical (unpaired) electrons. The predicted octanol–water partition coefficient (Wildman–Crippen LogP) is 2.88. The van der Waals surface area contributed by atoms with Gasteiger partial charge in [0.15, 0.2) is 0 Å². The summed E-state index contributed by atoms with van der Waals surface area (Å²) in [6.07, 6.45) is 6.68. The third-order valence-corrected chi connectivity index (χ3v) is 6.71. The van der Waals surface area contributed by atoms with Crippen LogP contribution in [0.15, 0.2) is 16.3 Å². The minimum atomic E-state index is -3.52. The Balaban J connectivity index is 2.13. The number of aliphatic hydroxyl groups is 1. The van der Waals surface area contributed by atoms with Crippen LogP contribution < -0.4 is 4.72 Å². The molecule has 1 heterocycles. The fourth-order valence-corrected chi connectivity index (χ4v) is 5.68. The molecule has 20 heavy (non-hydrogen) atoms. The Labute approximate surface area is 125 Å². The zero-order valence-electron chi connectivity index (χ0n) is 11.8. The molecule has 1 fully saturated rings. The molecule has 0 amide bonds. The first-order chi connectivity index (χ1) is 9.58. The second kappa shape index (κ2) is 7.02. The van der Waals surface area contributed by atoms with E-state index in [4.69, 9.17) is 0 Å². The van der Waals surface area contributed by atoms with Gasteiger partial charge in [-0.25, -0.2) is 13.1 Å². The highest BCUT2D eigenvalue weighted by atomic mass is 32.2. The summed E-state index contributed by atoms with van der Waals surface area (Å²) in [4.78, 5) is 0.746. The summed E-state index contributed by atoms with van der Waals surface area (Å²) in [7, 11) is -3.52. The van der Waals surface area contributed by atoms with Gasteiger partial charge in [-0.2, -0.15) is 0 Å². The second-order valence-corrected chi connectivity index (χ2v) is 8.08. The van der Waals surface area contributed by atoms with Gasteiger partial charge in [0.2, 0.25) is 10.0 Å². The number of rotatable bonds is 6. The third kappa shape index (κ3) is 3.61. The summed E-state index contributed by atoms with van der Waals surface area (Å²) in [5.41, 5.74) is 0. The molecular weight excluding hydrogens is 294 g/mol. The molecule has 0 bridgehead atoms. The van der Waals surface area contributed by atoms with Crippen LogP contribution in [-0.2, 0) is 16.6 Å². The Kier molecular flexibility index (Phi) is 5.60. The second-order valence-electron chi connectivity index (χ2n) is 5.40. The molecule has 2 N–H and O–H groups in total. The van der Waals surface area contributed by atoms with E-state index in [1.54, 1.807) is 11.4 Å². The highest BCUT2D eigenvalue weighted by Crippen LogP contribution is 2.29. The van der Waals surface area contributed by atoms with E-state index in [9.17, 15) is 13.5 Å². The van der Waals surface area contributed by atoms with Crippen LogP contribution in [0.1, 0.15) is 50.3 Å². The van der Waals surface area contributed by atoms with E-state index in [-0.39, 0.29) is 17.5 Å². The van der Waals surface area contributed by atoms with E-state index in [0.29, 0.717) is 10.8 Å². The van der Waals surface area contributed by atoms with Gasteiger partial charge in [-0.05, 0) is 36.6 Å². The average Bonchev–Trinajstić information content (AvgIpc) is 2.95. The van der Waals surface area contributed by atoms with Gasteiger partial charge in [0.05, 0.1) is 11.5 Å². The molecule has 114 valence electrons. The van der Waals surface area contributed by atoms with Crippen LogP contribution in [0.5, 0.6) is 0 Å². The van der Waals surface area contributed by atoms with Gasteiger partial charge in [-0.1, -0.05) is 26.2 Å². The minimum Gasteiger partial charge on any atom is -0.391 e. The Morgan fingerprint density at radius 3 is 2.70 bits per heavy atom. The van der Waals surface area contributed by atoms with Crippen molar-refractivity contribution in [1.82, 2.24) is 4.72 Å². The van der Waals surface area contributed by atoms with Crippen LogP contribution in [-0.4, -0.2) is 19.6 Å². The van der Waals surface area contributed by atoms with Crippen molar-refractivity contribution >= 4 is 21.4 Å². The molecule has 1 aliphatic carbocycles. The molecule has 1 unspecified atom stereocenters. The van der Waals surface area contributed by atoms with Gasteiger partial charge in [0, 0.05) is 10.9 Å². The maximum absolute atomic E-state index is 12.5. The lowest BCUT2D eigenvalue weighted by atomic mass is 9.83. The van der Waals surface area contributed by atoms with E-state index >= 15 is 0 Å².